The van der Waals surface area contributed by atoms with Crippen LogP contribution in [0.5, 0.6) is 0 Å². The number of ether oxygens (including phenoxy) is 1. The number of halogens is 1. The summed E-state index contributed by atoms with van der Waals surface area (Å²) in [7, 11) is 0. The summed E-state index contributed by atoms with van der Waals surface area (Å²) in [6, 6.07) is 7.32. The summed E-state index contributed by atoms with van der Waals surface area (Å²) in [5.41, 5.74) is 0.985. The number of nitrogens with one attached hydrogen (secondary N) is 1. The summed E-state index contributed by atoms with van der Waals surface area (Å²) in [6.45, 7) is 6.01. The lowest BCUT2D eigenvalue weighted by molar-refractivity contribution is -0.154. The molecule has 0 fully saturated rings. The van der Waals surface area contributed by atoms with Crippen LogP contribution < -0.4 is 5.32 Å². The van der Waals surface area contributed by atoms with Crippen molar-refractivity contribution in [3.05, 3.63) is 28.2 Å². The quantitative estimate of drug-likeness (QED) is 0.861. The maximum atomic E-state index is 11.5. The van der Waals surface area contributed by atoms with Gasteiger partial charge in [0.25, 0.3) is 0 Å². The number of nitrogens with zero attached hydrogens (tertiary/aromatic N) is 1. The molecule has 0 unspecified atom stereocenters. The highest BCUT2D eigenvalue weighted by molar-refractivity contribution is 9.10. The fraction of sp³-hybridized carbons (Fsp3) is 0.429. The Bertz CT molecular complexity index is 501. The zero-order chi connectivity index (χ0) is 14.5. The van der Waals surface area contributed by atoms with Crippen molar-refractivity contribution in [2.75, 3.05) is 11.9 Å². The number of nitriles is 1. The third-order valence-electron chi connectivity index (χ3n) is 2.16. The molecule has 0 radical (unpaired) electrons. The fourth-order valence-electron chi connectivity index (χ4n) is 1.42. The third-order valence-corrected chi connectivity index (χ3v) is 2.82. The van der Waals surface area contributed by atoms with Gasteiger partial charge in [-0.3, -0.25) is 4.79 Å². The Labute approximate surface area is 121 Å². The van der Waals surface area contributed by atoms with Crippen molar-refractivity contribution < 1.29 is 9.53 Å². The Balaban J connectivity index is 2.46. The summed E-state index contributed by atoms with van der Waals surface area (Å²) >= 11 is 3.37. The molecule has 102 valence electrons. The molecule has 1 aromatic carbocycles. The number of esters is 1. The maximum absolute atomic E-state index is 11.5. The molecule has 0 saturated heterocycles. The van der Waals surface area contributed by atoms with Crippen molar-refractivity contribution >= 4 is 27.6 Å². The minimum atomic E-state index is -0.452. The molecule has 4 nitrogen and oxygen atoms in total. The molecular weight excluding hydrogens is 308 g/mol. The van der Waals surface area contributed by atoms with E-state index in [1.165, 1.54) is 0 Å². The van der Waals surface area contributed by atoms with E-state index in [-0.39, 0.29) is 5.97 Å². The van der Waals surface area contributed by atoms with Crippen molar-refractivity contribution in [1.82, 2.24) is 0 Å². The number of benzene rings is 1. The highest BCUT2D eigenvalue weighted by Gasteiger charge is 2.15. The molecule has 1 rings (SSSR count). The first kappa shape index (κ1) is 15.5. The van der Waals surface area contributed by atoms with Crippen LogP contribution in [0.15, 0.2) is 22.7 Å². The number of hydrogen-bond donors (Lipinski definition) is 1. The predicted molar refractivity (Wildman–Crippen MR) is 77.8 cm³/mol. The van der Waals surface area contributed by atoms with Crippen LogP contribution in [0.3, 0.4) is 0 Å². The summed E-state index contributed by atoms with van der Waals surface area (Å²) in [5.74, 6) is -0.232. The Morgan fingerprint density at radius 3 is 2.68 bits per heavy atom. The molecule has 0 saturated carbocycles. The standard InChI is InChI=1S/C14H17BrN2O2/c1-14(2,3)19-13(18)6-7-17-12-5-4-10(9-16)8-11(12)15/h4-5,8,17H,6-7H2,1-3H3. The fourth-order valence-corrected chi connectivity index (χ4v) is 1.94. The normalized spacial score (nSPS) is 10.7. The number of carbonyl (C=O) groups is 1. The van der Waals surface area contributed by atoms with Crippen LogP contribution in [-0.4, -0.2) is 18.1 Å². The molecule has 1 N–H and O–H groups in total. The zero-order valence-electron chi connectivity index (χ0n) is 11.3. The maximum Gasteiger partial charge on any atom is 0.308 e. The van der Waals surface area contributed by atoms with Gasteiger partial charge in [-0.25, -0.2) is 0 Å². The summed E-state index contributed by atoms with van der Waals surface area (Å²) in [5, 5.41) is 11.9. The van der Waals surface area contributed by atoms with Crippen LogP contribution in [0.4, 0.5) is 5.69 Å². The van der Waals surface area contributed by atoms with Crippen molar-refractivity contribution in [1.29, 1.82) is 5.26 Å². The van der Waals surface area contributed by atoms with Gasteiger partial charge < -0.3 is 10.1 Å². The molecule has 0 aliphatic rings. The van der Waals surface area contributed by atoms with E-state index in [0.29, 0.717) is 18.5 Å². The van der Waals surface area contributed by atoms with Crippen LogP contribution in [-0.2, 0) is 9.53 Å². The molecule has 0 aliphatic heterocycles. The smallest absolute Gasteiger partial charge is 0.308 e. The van der Waals surface area contributed by atoms with Crippen molar-refractivity contribution in [2.24, 2.45) is 0 Å². The second kappa shape index (κ2) is 6.58. The predicted octanol–water partition coefficient (Wildman–Crippen LogP) is 3.46. The highest BCUT2D eigenvalue weighted by atomic mass is 79.9. The second-order valence-electron chi connectivity index (χ2n) is 5.07. The van der Waals surface area contributed by atoms with E-state index in [0.717, 1.165) is 10.2 Å². The van der Waals surface area contributed by atoms with Crippen LogP contribution in [0.1, 0.15) is 32.8 Å². The summed E-state index contributed by atoms with van der Waals surface area (Å²) in [6.07, 6.45) is 0.295. The van der Waals surface area contributed by atoms with Gasteiger partial charge in [-0.1, -0.05) is 0 Å². The Kier molecular flexibility index (Phi) is 5.37. The number of anilines is 1. The van der Waals surface area contributed by atoms with Crippen molar-refractivity contribution in [3.8, 4) is 6.07 Å². The van der Waals surface area contributed by atoms with Crippen LogP contribution in [0, 0.1) is 11.3 Å². The molecular formula is C14H17BrN2O2. The molecule has 1 aromatic rings. The van der Waals surface area contributed by atoms with Gasteiger partial charge in [-0.2, -0.15) is 5.26 Å². The largest absolute Gasteiger partial charge is 0.460 e. The first-order valence-electron chi connectivity index (χ1n) is 5.97. The van der Waals surface area contributed by atoms with Crippen molar-refractivity contribution in [3.63, 3.8) is 0 Å². The van der Waals surface area contributed by atoms with Gasteiger partial charge in [0.15, 0.2) is 0 Å². The Hall–Kier alpha value is -1.54. The van der Waals surface area contributed by atoms with E-state index in [1.807, 2.05) is 20.8 Å². The van der Waals surface area contributed by atoms with E-state index in [2.05, 4.69) is 27.3 Å². The average Bonchev–Trinajstić information content (AvgIpc) is 2.28. The molecule has 0 aromatic heterocycles. The van der Waals surface area contributed by atoms with Gasteiger partial charge >= 0.3 is 5.97 Å². The van der Waals surface area contributed by atoms with Gasteiger partial charge in [0.2, 0.25) is 0 Å². The van der Waals surface area contributed by atoms with Gasteiger partial charge in [-0.15, -0.1) is 0 Å². The van der Waals surface area contributed by atoms with E-state index in [1.54, 1.807) is 18.2 Å². The average molecular weight is 325 g/mol. The van der Waals surface area contributed by atoms with E-state index in [4.69, 9.17) is 10.00 Å². The SMILES string of the molecule is CC(C)(C)OC(=O)CCNc1ccc(C#N)cc1Br. The molecule has 0 amide bonds. The first-order valence-corrected chi connectivity index (χ1v) is 6.76. The molecule has 0 spiro atoms. The Morgan fingerprint density at radius 1 is 1.47 bits per heavy atom. The molecule has 0 aliphatic carbocycles. The van der Waals surface area contributed by atoms with Gasteiger partial charge in [0.05, 0.1) is 18.1 Å². The van der Waals surface area contributed by atoms with Gasteiger partial charge in [0.1, 0.15) is 5.60 Å². The lowest BCUT2D eigenvalue weighted by atomic mass is 10.2. The second-order valence-corrected chi connectivity index (χ2v) is 5.92. The topological polar surface area (TPSA) is 62.1 Å². The van der Waals surface area contributed by atoms with Crippen molar-refractivity contribution in [2.45, 2.75) is 32.8 Å². The zero-order valence-corrected chi connectivity index (χ0v) is 12.9. The van der Waals surface area contributed by atoms with Gasteiger partial charge in [-0.05, 0) is 54.9 Å². The monoisotopic (exact) mass is 324 g/mol. The molecule has 0 bridgehead atoms. The number of carbonyl (C=O) groups excluding carboxylic acids is 1. The van der Waals surface area contributed by atoms with Crippen LogP contribution in [0.25, 0.3) is 0 Å². The summed E-state index contributed by atoms with van der Waals surface area (Å²) < 4.78 is 6.01. The minimum absolute atomic E-state index is 0.232. The molecule has 5 heteroatoms. The van der Waals surface area contributed by atoms with Crippen LogP contribution >= 0.6 is 15.9 Å². The summed E-state index contributed by atoms with van der Waals surface area (Å²) in [4.78, 5) is 11.5. The number of rotatable bonds is 4. The van der Waals surface area contributed by atoms with Gasteiger partial charge in [0, 0.05) is 16.7 Å². The third kappa shape index (κ3) is 5.75. The van der Waals surface area contributed by atoms with Crippen LogP contribution in [0.2, 0.25) is 0 Å². The van der Waals surface area contributed by atoms with E-state index in [9.17, 15) is 4.79 Å². The van der Waals surface area contributed by atoms with E-state index < -0.39 is 5.60 Å². The number of hydrogen-bond acceptors (Lipinski definition) is 4. The minimum Gasteiger partial charge on any atom is -0.460 e. The molecule has 0 heterocycles. The Morgan fingerprint density at radius 2 is 2.16 bits per heavy atom. The lowest BCUT2D eigenvalue weighted by Gasteiger charge is -2.19. The first-order chi connectivity index (χ1) is 8.81. The highest BCUT2D eigenvalue weighted by Crippen LogP contribution is 2.23. The molecule has 19 heavy (non-hydrogen) atoms. The molecule has 0 atom stereocenters. The lowest BCUT2D eigenvalue weighted by Crippen LogP contribution is -2.25. The van der Waals surface area contributed by atoms with E-state index >= 15 is 0 Å².